The van der Waals surface area contributed by atoms with Gasteiger partial charge in [0.25, 0.3) is 0 Å². The highest BCUT2D eigenvalue weighted by atomic mass is 16.1. The maximum atomic E-state index is 12.2. The van der Waals surface area contributed by atoms with Gasteiger partial charge in [-0.3, -0.25) is 4.79 Å². The first-order valence-corrected chi connectivity index (χ1v) is 7.93. The van der Waals surface area contributed by atoms with Gasteiger partial charge in [0.1, 0.15) is 0 Å². The van der Waals surface area contributed by atoms with Gasteiger partial charge < -0.3 is 10.6 Å². The largest absolute Gasteiger partial charge is 0.353 e. The fourth-order valence-corrected chi connectivity index (χ4v) is 4.83. The average molecular weight is 264 g/mol. The van der Waals surface area contributed by atoms with Gasteiger partial charge in [-0.1, -0.05) is 20.8 Å². The molecule has 3 aliphatic rings. The monoisotopic (exact) mass is 264 g/mol. The van der Waals surface area contributed by atoms with Gasteiger partial charge >= 0.3 is 0 Å². The first-order chi connectivity index (χ1) is 8.93. The summed E-state index contributed by atoms with van der Waals surface area (Å²) in [6, 6.07) is 0.406. The van der Waals surface area contributed by atoms with Crippen molar-refractivity contribution < 1.29 is 4.79 Å². The second-order valence-electron chi connectivity index (χ2n) is 7.79. The van der Waals surface area contributed by atoms with Gasteiger partial charge in [0.2, 0.25) is 5.91 Å². The van der Waals surface area contributed by atoms with Crippen molar-refractivity contribution in [1.82, 2.24) is 10.6 Å². The molecule has 3 heteroatoms. The third-order valence-corrected chi connectivity index (χ3v) is 6.77. The first kappa shape index (κ1) is 13.4. The Morgan fingerprint density at radius 1 is 1.32 bits per heavy atom. The molecule has 0 aromatic rings. The number of rotatable bonds is 3. The molecule has 19 heavy (non-hydrogen) atoms. The van der Waals surface area contributed by atoms with Crippen LogP contribution in [-0.2, 0) is 4.79 Å². The summed E-state index contributed by atoms with van der Waals surface area (Å²) in [5, 5.41) is 6.71. The van der Waals surface area contributed by atoms with Crippen molar-refractivity contribution in [2.24, 2.45) is 22.7 Å². The van der Waals surface area contributed by atoms with E-state index in [1.165, 1.54) is 19.3 Å². The highest BCUT2D eigenvalue weighted by molar-refractivity contribution is 5.76. The number of carbonyl (C=O) groups is 1. The molecular formula is C16H28N2O. The van der Waals surface area contributed by atoms with E-state index in [1.54, 1.807) is 0 Å². The molecule has 2 bridgehead atoms. The summed E-state index contributed by atoms with van der Waals surface area (Å²) in [6.07, 6.45) is 5.69. The molecule has 0 spiro atoms. The summed E-state index contributed by atoms with van der Waals surface area (Å²) >= 11 is 0. The molecule has 3 rings (SSSR count). The summed E-state index contributed by atoms with van der Waals surface area (Å²) in [4.78, 5) is 12.2. The Hall–Kier alpha value is -0.570. The molecular weight excluding hydrogens is 236 g/mol. The number of amides is 1. The van der Waals surface area contributed by atoms with Crippen molar-refractivity contribution in [1.29, 1.82) is 0 Å². The van der Waals surface area contributed by atoms with Crippen LogP contribution < -0.4 is 10.6 Å². The number of carbonyl (C=O) groups excluding carboxylic acids is 1. The Morgan fingerprint density at radius 2 is 2.11 bits per heavy atom. The summed E-state index contributed by atoms with van der Waals surface area (Å²) in [5.74, 6) is 1.64. The molecule has 4 atom stereocenters. The molecule has 2 aliphatic carbocycles. The fourth-order valence-electron chi connectivity index (χ4n) is 4.83. The lowest BCUT2D eigenvalue weighted by Crippen LogP contribution is -2.47. The van der Waals surface area contributed by atoms with E-state index in [4.69, 9.17) is 0 Å². The average Bonchev–Trinajstić information content (AvgIpc) is 2.95. The third-order valence-electron chi connectivity index (χ3n) is 6.77. The van der Waals surface area contributed by atoms with Crippen molar-refractivity contribution in [3.05, 3.63) is 0 Å². The Balaban J connectivity index is 1.60. The smallest absolute Gasteiger partial charge is 0.220 e. The predicted molar refractivity (Wildman–Crippen MR) is 76.8 cm³/mol. The van der Waals surface area contributed by atoms with Crippen molar-refractivity contribution in [2.75, 3.05) is 13.1 Å². The molecule has 1 heterocycles. The van der Waals surface area contributed by atoms with Gasteiger partial charge in [-0.15, -0.1) is 0 Å². The van der Waals surface area contributed by atoms with Crippen LogP contribution in [0.4, 0.5) is 0 Å². The van der Waals surface area contributed by atoms with E-state index in [-0.39, 0.29) is 5.91 Å². The molecule has 108 valence electrons. The topological polar surface area (TPSA) is 41.1 Å². The summed E-state index contributed by atoms with van der Waals surface area (Å²) < 4.78 is 0. The minimum Gasteiger partial charge on any atom is -0.353 e. The first-order valence-electron chi connectivity index (χ1n) is 7.93. The van der Waals surface area contributed by atoms with Crippen LogP contribution in [0.25, 0.3) is 0 Å². The van der Waals surface area contributed by atoms with E-state index >= 15 is 0 Å². The van der Waals surface area contributed by atoms with Crippen LogP contribution in [0.2, 0.25) is 0 Å². The van der Waals surface area contributed by atoms with Crippen LogP contribution in [0, 0.1) is 22.7 Å². The Kier molecular flexibility index (Phi) is 3.16. The summed E-state index contributed by atoms with van der Waals surface area (Å²) in [7, 11) is 0. The Labute approximate surface area is 116 Å². The Bertz CT molecular complexity index is 373. The molecule has 1 amide bonds. The second-order valence-corrected chi connectivity index (χ2v) is 7.79. The fraction of sp³-hybridized carbons (Fsp3) is 0.938. The van der Waals surface area contributed by atoms with Crippen molar-refractivity contribution in [2.45, 2.75) is 58.9 Å². The molecule has 2 N–H and O–H groups in total. The molecule has 0 aromatic heterocycles. The van der Waals surface area contributed by atoms with Crippen molar-refractivity contribution >= 4 is 5.91 Å². The van der Waals surface area contributed by atoms with E-state index in [0.29, 0.717) is 29.2 Å². The maximum absolute atomic E-state index is 12.2. The van der Waals surface area contributed by atoms with E-state index < -0.39 is 0 Å². The highest BCUT2D eigenvalue weighted by Gasteiger charge is 2.61. The van der Waals surface area contributed by atoms with Gasteiger partial charge in [-0.25, -0.2) is 0 Å². The quantitative estimate of drug-likeness (QED) is 0.821. The van der Waals surface area contributed by atoms with Gasteiger partial charge in [-0.05, 0) is 61.4 Å². The molecule has 1 saturated heterocycles. The van der Waals surface area contributed by atoms with Gasteiger partial charge in [0, 0.05) is 12.5 Å². The van der Waals surface area contributed by atoms with Crippen LogP contribution in [0.15, 0.2) is 0 Å². The molecule has 3 fully saturated rings. The predicted octanol–water partition coefficient (Wildman–Crippen LogP) is 2.32. The zero-order valence-corrected chi connectivity index (χ0v) is 12.6. The van der Waals surface area contributed by atoms with Crippen LogP contribution in [0.5, 0.6) is 0 Å². The lowest BCUT2D eigenvalue weighted by atomic mass is 9.69. The van der Waals surface area contributed by atoms with E-state index in [9.17, 15) is 4.79 Å². The molecule has 0 aromatic carbocycles. The van der Waals surface area contributed by atoms with Crippen molar-refractivity contribution in [3.8, 4) is 0 Å². The minimum atomic E-state index is 0.281. The SMILES string of the molecule is CC1(C)C2CCC1(C)C(NC(=O)CC1CCNC1)C2. The van der Waals surface area contributed by atoms with Crippen molar-refractivity contribution in [3.63, 3.8) is 0 Å². The highest BCUT2D eigenvalue weighted by Crippen LogP contribution is 2.65. The summed E-state index contributed by atoms with van der Waals surface area (Å²) in [6.45, 7) is 9.29. The van der Waals surface area contributed by atoms with Crippen LogP contribution in [0.1, 0.15) is 52.9 Å². The molecule has 2 saturated carbocycles. The maximum Gasteiger partial charge on any atom is 0.220 e. The lowest BCUT2D eigenvalue weighted by Gasteiger charge is -2.39. The van der Waals surface area contributed by atoms with E-state index in [0.717, 1.165) is 25.4 Å². The zero-order chi connectivity index (χ0) is 13.7. The number of hydrogen-bond donors (Lipinski definition) is 2. The van der Waals surface area contributed by atoms with E-state index in [1.807, 2.05) is 0 Å². The van der Waals surface area contributed by atoms with Gasteiger partial charge in [-0.2, -0.15) is 0 Å². The zero-order valence-electron chi connectivity index (χ0n) is 12.6. The number of nitrogens with one attached hydrogen (secondary N) is 2. The molecule has 0 radical (unpaired) electrons. The Morgan fingerprint density at radius 3 is 2.63 bits per heavy atom. The number of hydrogen-bond acceptors (Lipinski definition) is 2. The van der Waals surface area contributed by atoms with Gasteiger partial charge in [0.05, 0.1) is 0 Å². The molecule has 1 aliphatic heterocycles. The minimum absolute atomic E-state index is 0.281. The third kappa shape index (κ3) is 2.01. The molecule has 4 unspecified atom stereocenters. The number of fused-ring (bicyclic) bond motifs is 2. The van der Waals surface area contributed by atoms with Crippen LogP contribution in [-0.4, -0.2) is 25.0 Å². The standard InChI is InChI=1S/C16H28N2O/c1-15(2)12-4-6-16(15,3)13(9-12)18-14(19)8-11-5-7-17-10-11/h11-13,17H,4-10H2,1-3H3,(H,18,19). The van der Waals surface area contributed by atoms with E-state index in [2.05, 4.69) is 31.4 Å². The lowest BCUT2D eigenvalue weighted by molar-refractivity contribution is -0.123. The van der Waals surface area contributed by atoms with Gasteiger partial charge in [0.15, 0.2) is 0 Å². The van der Waals surface area contributed by atoms with Crippen LogP contribution >= 0.6 is 0 Å². The second kappa shape index (κ2) is 4.47. The molecule has 3 nitrogen and oxygen atoms in total. The summed E-state index contributed by atoms with van der Waals surface area (Å²) in [5.41, 5.74) is 0.696. The van der Waals surface area contributed by atoms with Crippen LogP contribution in [0.3, 0.4) is 0 Å². The normalized spacial score (nSPS) is 43.6.